The summed E-state index contributed by atoms with van der Waals surface area (Å²) >= 11 is 0. The molecule has 88 valence electrons. The maximum absolute atomic E-state index is 14.3. The SMILES string of the molecule is COc1ccccc1C(F)C1CCCNC1. The predicted molar refractivity (Wildman–Crippen MR) is 62.4 cm³/mol. The molecule has 2 rings (SSSR count). The molecule has 1 aromatic rings. The average Bonchev–Trinajstić information content (AvgIpc) is 2.39. The van der Waals surface area contributed by atoms with E-state index in [9.17, 15) is 4.39 Å². The van der Waals surface area contributed by atoms with Crippen molar-refractivity contribution < 1.29 is 9.13 Å². The van der Waals surface area contributed by atoms with E-state index in [0.29, 0.717) is 11.3 Å². The zero-order chi connectivity index (χ0) is 11.4. The summed E-state index contributed by atoms with van der Waals surface area (Å²) in [6.45, 7) is 1.77. The first-order valence-electron chi connectivity index (χ1n) is 5.80. The van der Waals surface area contributed by atoms with Crippen molar-refractivity contribution >= 4 is 0 Å². The van der Waals surface area contributed by atoms with Crippen molar-refractivity contribution in [2.75, 3.05) is 20.2 Å². The van der Waals surface area contributed by atoms with Crippen molar-refractivity contribution in [2.45, 2.75) is 19.0 Å². The lowest BCUT2D eigenvalue weighted by molar-refractivity contribution is 0.190. The number of alkyl halides is 1. The maximum Gasteiger partial charge on any atom is 0.133 e. The smallest absolute Gasteiger partial charge is 0.133 e. The van der Waals surface area contributed by atoms with Crippen molar-refractivity contribution in [3.05, 3.63) is 29.8 Å². The number of halogens is 1. The number of para-hydroxylation sites is 1. The quantitative estimate of drug-likeness (QED) is 0.850. The zero-order valence-corrected chi connectivity index (χ0v) is 9.58. The van der Waals surface area contributed by atoms with Crippen LogP contribution in [0.1, 0.15) is 24.6 Å². The van der Waals surface area contributed by atoms with E-state index in [2.05, 4.69) is 5.32 Å². The summed E-state index contributed by atoms with van der Waals surface area (Å²) in [4.78, 5) is 0. The van der Waals surface area contributed by atoms with Gasteiger partial charge in [-0.05, 0) is 25.5 Å². The summed E-state index contributed by atoms with van der Waals surface area (Å²) in [7, 11) is 1.59. The van der Waals surface area contributed by atoms with Crippen LogP contribution in [0.15, 0.2) is 24.3 Å². The number of hydrogen-bond acceptors (Lipinski definition) is 2. The highest BCUT2D eigenvalue weighted by Crippen LogP contribution is 2.35. The van der Waals surface area contributed by atoms with Crippen LogP contribution in [-0.4, -0.2) is 20.2 Å². The first-order valence-corrected chi connectivity index (χ1v) is 5.80. The van der Waals surface area contributed by atoms with Gasteiger partial charge < -0.3 is 10.1 Å². The fourth-order valence-corrected chi connectivity index (χ4v) is 2.28. The first kappa shape index (κ1) is 11.4. The van der Waals surface area contributed by atoms with Gasteiger partial charge in [0.1, 0.15) is 11.9 Å². The summed E-state index contributed by atoms with van der Waals surface area (Å²) in [6, 6.07) is 7.37. The second-order valence-corrected chi connectivity index (χ2v) is 4.25. The molecule has 2 atom stereocenters. The topological polar surface area (TPSA) is 21.3 Å². The Hall–Kier alpha value is -1.09. The second-order valence-electron chi connectivity index (χ2n) is 4.25. The van der Waals surface area contributed by atoms with Crippen molar-refractivity contribution in [3.63, 3.8) is 0 Å². The molecule has 1 saturated heterocycles. The summed E-state index contributed by atoms with van der Waals surface area (Å²) in [5, 5.41) is 3.24. The molecular weight excluding hydrogens is 205 g/mol. The van der Waals surface area contributed by atoms with E-state index in [1.54, 1.807) is 7.11 Å². The fraction of sp³-hybridized carbons (Fsp3) is 0.538. The number of methoxy groups -OCH3 is 1. The van der Waals surface area contributed by atoms with Crippen molar-refractivity contribution in [1.29, 1.82) is 0 Å². The van der Waals surface area contributed by atoms with Crippen LogP contribution in [0, 0.1) is 5.92 Å². The number of hydrogen-bond donors (Lipinski definition) is 1. The van der Waals surface area contributed by atoms with Gasteiger partial charge in [0.25, 0.3) is 0 Å². The normalized spacial score (nSPS) is 22.8. The van der Waals surface area contributed by atoms with Crippen LogP contribution in [0.2, 0.25) is 0 Å². The first-order chi connectivity index (χ1) is 7.83. The number of nitrogens with one attached hydrogen (secondary N) is 1. The van der Waals surface area contributed by atoms with E-state index in [4.69, 9.17) is 4.74 Å². The van der Waals surface area contributed by atoms with Crippen LogP contribution in [-0.2, 0) is 0 Å². The summed E-state index contributed by atoms with van der Waals surface area (Å²) in [5.74, 6) is 0.727. The molecule has 0 bridgehead atoms. The predicted octanol–water partition coefficient (Wildman–Crippen LogP) is 2.71. The third kappa shape index (κ3) is 2.35. The number of ether oxygens (including phenoxy) is 1. The molecule has 0 spiro atoms. The van der Waals surface area contributed by atoms with Gasteiger partial charge in [-0.2, -0.15) is 0 Å². The van der Waals surface area contributed by atoms with Gasteiger partial charge in [-0.25, -0.2) is 4.39 Å². The Balaban J connectivity index is 2.15. The van der Waals surface area contributed by atoms with Crippen LogP contribution < -0.4 is 10.1 Å². The summed E-state index contributed by atoms with van der Waals surface area (Å²) in [5.41, 5.74) is 0.679. The van der Waals surface area contributed by atoms with E-state index in [1.165, 1.54) is 0 Å². The molecule has 1 aromatic carbocycles. The largest absolute Gasteiger partial charge is 0.496 e. The molecule has 0 radical (unpaired) electrons. The van der Waals surface area contributed by atoms with Crippen LogP contribution in [0.5, 0.6) is 5.75 Å². The minimum absolute atomic E-state index is 0.0741. The zero-order valence-electron chi connectivity index (χ0n) is 9.58. The van der Waals surface area contributed by atoms with Gasteiger partial charge in [0, 0.05) is 18.0 Å². The van der Waals surface area contributed by atoms with E-state index in [1.807, 2.05) is 24.3 Å². The van der Waals surface area contributed by atoms with Gasteiger partial charge in [-0.15, -0.1) is 0 Å². The monoisotopic (exact) mass is 223 g/mol. The lowest BCUT2D eigenvalue weighted by atomic mass is 9.90. The van der Waals surface area contributed by atoms with Crippen LogP contribution in [0.25, 0.3) is 0 Å². The van der Waals surface area contributed by atoms with Gasteiger partial charge in [0.05, 0.1) is 7.11 Å². The minimum Gasteiger partial charge on any atom is -0.496 e. The summed E-state index contributed by atoms with van der Waals surface area (Å²) in [6.07, 6.45) is 1.08. The molecule has 0 saturated carbocycles. The van der Waals surface area contributed by atoms with Gasteiger partial charge >= 0.3 is 0 Å². The third-order valence-electron chi connectivity index (χ3n) is 3.18. The molecule has 1 fully saturated rings. The summed E-state index contributed by atoms with van der Waals surface area (Å²) < 4.78 is 19.5. The maximum atomic E-state index is 14.3. The molecule has 0 aromatic heterocycles. The Morgan fingerprint density at radius 3 is 2.94 bits per heavy atom. The lowest BCUT2D eigenvalue weighted by Gasteiger charge is -2.26. The highest BCUT2D eigenvalue weighted by molar-refractivity contribution is 5.35. The standard InChI is InChI=1S/C13H18FNO/c1-16-12-7-3-2-6-11(12)13(14)10-5-4-8-15-9-10/h2-3,6-7,10,13,15H,4-5,8-9H2,1H3. The lowest BCUT2D eigenvalue weighted by Crippen LogP contribution is -2.32. The number of piperidine rings is 1. The molecule has 0 aliphatic carbocycles. The van der Waals surface area contributed by atoms with Gasteiger partial charge in [-0.1, -0.05) is 18.2 Å². The molecule has 2 nitrogen and oxygen atoms in total. The molecule has 1 aliphatic heterocycles. The van der Waals surface area contributed by atoms with Crippen molar-refractivity contribution in [1.82, 2.24) is 5.32 Å². The molecule has 2 unspecified atom stereocenters. The van der Waals surface area contributed by atoms with Crippen molar-refractivity contribution in [3.8, 4) is 5.75 Å². The van der Waals surface area contributed by atoms with Crippen molar-refractivity contribution in [2.24, 2.45) is 5.92 Å². The van der Waals surface area contributed by atoms with E-state index >= 15 is 0 Å². The highest BCUT2D eigenvalue weighted by Gasteiger charge is 2.26. The van der Waals surface area contributed by atoms with Crippen LogP contribution in [0.3, 0.4) is 0 Å². The Morgan fingerprint density at radius 1 is 1.44 bits per heavy atom. The van der Waals surface area contributed by atoms with Gasteiger partial charge in [0.15, 0.2) is 0 Å². The molecule has 0 amide bonds. The van der Waals surface area contributed by atoms with E-state index in [-0.39, 0.29) is 5.92 Å². The molecule has 1 heterocycles. The Kier molecular flexibility index (Phi) is 3.78. The van der Waals surface area contributed by atoms with Crippen LogP contribution >= 0.6 is 0 Å². The third-order valence-corrected chi connectivity index (χ3v) is 3.18. The van der Waals surface area contributed by atoms with E-state index < -0.39 is 6.17 Å². The van der Waals surface area contributed by atoms with Gasteiger partial charge in [-0.3, -0.25) is 0 Å². The number of benzene rings is 1. The molecule has 1 aliphatic rings. The number of rotatable bonds is 3. The second kappa shape index (κ2) is 5.30. The van der Waals surface area contributed by atoms with Crippen LogP contribution in [0.4, 0.5) is 4.39 Å². The molecule has 16 heavy (non-hydrogen) atoms. The Morgan fingerprint density at radius 2 is 2.25 bits per heavy atom. The average molecular weight is 223 g/mol. The Bertz CT molecular complexity index is 336. The fourth-order valence-electron chi connectivity index (χ4n) is 2.28. The highest BCUT2D eigenvalue weighted by atomic mass is 19.1. The molecule has 3 heteroatoms. The molecule has 1 N–H and O–H groups in total. The Labute approximate surface area is 95.8 Å². The minimum atomic E-state index is -0.927. The van der Waals surface area contributed by atoms with E-state index in [0.717, 1.165) is 25.9 Å². The molecular formula is C13H18FNO. The van der Waals surface area contributed by atoms with Gasteiger partial charge in [0.2, 0.25) is 0 Å².